The van der Waals surface area contributed by atoms with Gasteiger partial charge in [0.05, 0.1) is 5.69 Å². The van der Waals surface area contributed by atoms with Crippen molar-refractivity contribution >= 4 is 23.5 Å². The van der Waals surface area contributed by atoms with E-state index in [1.165, 1.54) is 4.90 Å². The van der Waals surface area contributed by atoms with E-state index in [-0.39, 0.29) is 23.7 Å². The second kappa shape index (κ2) is 6.21. The molecule has 0 saturated carbocycles. The van der Waals surface area contributed by atoms with Crippen molar-refractivity contribution in [1.82, 2.24) is 4.90 Å². The highest BCUT2D eigenvalue weighted by molar-refractivity contribution is 6.03. The van der Waals surface area contributed by atoms with Crippen molar-refractivity contribution in [2.24, 2.45) is 27.4 Å². The highest BCUT2D eigenvalue weighted by Crippen LogP contribution is 2.19. The van der Waals surface area contributed by atoms with E-state index in [2.05, 4.69) is 16.6 Å². The van der Waals surface area contributed by atoms with Crippen molar-refractivity contribution in [3.8, 4) is 0 Å². The zero-order valence-corrected chi connectivity index (χ0v) is 12.0. The van der Waals surface area contributed by atoms with E-state index in [1.807, 2.05) is 31.2 Å². The van der Waals surface area contributed by atoms with Crippen molar-refractivity contribution in [2.75, 3.05) is 6.54 Å². The minimum absolute atomic E-state index is 0.0247. The molecule has 0 spiro atoms. The van der Waals surface area contributed by atoms with Crippen LogP contribution in [0.15, 0.2) is 46.9 Å². The maximum absolute atomic E-state index is 11.8. The van der Waals surface area contributed by atoms with Gasteiger partial charge in [-0.2, -0.15) is 4.99 Å². The number of aryl methyl sites for hydroxylation is 1. The third-order valence-corrected chi connectivity index (χ3v) is 3.34. The third-order valence-electron chi connectivity index (χ3n) is 3.34. The van der Waals surface area contributed by atoms with Crippen LogP contribution in [0.5, 0.6) is 0 Å². The van der Waals surface area contributed by atoms with Crippen molar-refractivity contribution in [3.05, 3.63) is 42.5 Å². The summed E-state index contributed by atoms with van der Waals surface area (Å²) in [6, 6.07) is 7.55. The van der Waals surface area contributed by atoms with Gasteiger partial charge in [-0.05, 0) is 18.6 Å². The van der Waals surface area contributed by atoms with Gasteiger partial charge in [-0.3, -0.25) is 9.69 Å². The molecule has 1 atom stereocenters. The van der Waals surface area contributed by atoms with Crippen LogP contribution in [0.2, 0.25) is 0 Å². The fourth-order valence-electron chi connectivity index (χ4n) is 2.13. The van der Waals surface area contributed by atoms with Gasteiger partial charge in [0.25, 0.3) is 0 Å². The van der Waals surface area contributed by atoms with E-state index in [0.29, 0.717) is 13.0 Å². The predicted molar refractivity (Wildman–Crippen MR) is 84.1 cm³/mol. The molecule has 1 fully saturated rings. The van der Waals surface area contributed by atoms with E-state index >= 15 is 0 Å². The molecule has 1 aromatic carbocycles. The average Bonchev–Trinajstić information content (AvgIpc) is 2.82. The Morgan fingerprint density at radius 3 is 2.76 bits per heavy atom. The number of hydrogen-bond acceptors (Lipinski definition) is 2. The Bertz CT molecular complexity index is 620. The molecule has 0 bridgehead atoms. The van der Waals surface area contributed by atoms with Crippen molar-refractivity contribution < 1.29 is 4.79 Å². The molecule has 0 radical (unpaired) electrons. The fraction of sp³-hybridized carbons (Fsp3) is 0.267. The second-order valence-electron chi connectivity index (χ2n) is 4.93. The smallest absolute Gasteiger partial charge is 0.229 e. The van der Waals surface area contributed by atoms with Crippen molar-refractivity contribution in [1.29, 1.82) is 0 Å². The first-order valence-corrected chi connectivity index (χ1v) is 6.68. The zero-order valence-electron chi connectivity index (χ0n) is 12.0. The lowest BCUT2D eigenvalue weighted by atomic mass is 10.1. The van der Waals surface area contributed by atoms with E-state index in [1.54, 1.807) is 6.08 Å². The van der Waals surface area contributed by atoms with Crippen LogP contribution in [-0.2, 0) is 4.79 Å². The SMILES string of the molecule is C=CC1CC(=O)N(/C(N)=N/C(N)=Nc2ccccc2C)C1. The Morgan fingerprint density at radius 1 is 1.43 bits per heavy atom. The quantitative estimate of drug-likeness (QED) is 0.486. The maximum Gasteiger partial charge on any atom is 0.229 e. The first-order chi connectivity index (χ1) is 10.0. The molecule has 6 nitrogen and oxygen atoms in total. The molecule has 1 unspecified atom stereocenters. The number of rotatable bonds is 2. The van der Waals surface area contributed by atoms with Gasteiger partial charge in [0.2, 0.25) is 17.8 Å². The molecule has 6 heteroatoms. The summed E-state index contributed by atoms with van der Waals surface area (Å²) in [6.45, 7) is 6.10. The number of carbonyl (C=O) groups is 1. The number of guanidine groups is 2. The molecule has 110 valence electrons. The molecule has 1 aliphatic rings. The number of amides is 1. The van der Waals surface area contributed by atoms with E-state index in [0.717, 1.165) is 11.3 Å². The molecular formula is C15H19N5O. The molecule has 0 aliphatic carbocycles. The molecule has 1 heterocycles. The molecule has 0 aromatic heterocycles. The van der Waals surface area contributed by atoms with Gasteiger partial charge < -0.3 is 11.5 Å². The topological polar surface area (TPSA) is 97.1 Å². The number of benzene rings is 1. The van der Waals surface area contributed by atoms with E-state index < -0.39 is 0 Å². The molecular weight excluding hydrogens is 266 g/mol. The van der Waals surface area contributed by atoms with Crippen LogP contribution < -0.4 is 11.5 Å². The molecule has 1 aliphatic heterocycles. The molecule has 4 N–H and O–H groups in total. The highest BCUT2D eigenvalue weighted by atomic mass is 16.2. The zero-order chi connectivity index (χ0) is 15.4. The van der Waals surface area contributed by atoms with Crippen LogP contribution in [0.3, 0.4) is 0 Å². The van der Waals surface area contributed by atoms with Crippen LogP contribution >= 0.6 is 0 Å². The summed E-state index contributed by atoms with van der Waals surface area (Å²) in [5, 5.41) is 0. The molecule has 1 amide bonds. The van der Waals surface area contributed by atoms with Gasteiger partial charge in [0.15, 0.2) is 0 Å². The van der Waals surface area contributed by atoms with Crippen LogP contribution in [0.4, 0.5) is 5.69 Å². The summed E-state index contributed by atoms with van der Waals surface area (Å²) >= 11 is 0. The second-order valence-corrected chi connectivity index (χ2v) is 4.93. The van der Waals surface area contributed by atoms with Crippen molar-refractivity contribution in [3.63, 3.8) is 0 Å². The normalized spacial score (nSPS) is 20.0. The van der Waals surface area contributed by atoms with Gasteiger partial charge in [-0.15, -0.1) is 6.58 Å². The maximum atomic E-state index is 11.8. The summed E-state index contributed by atoms with van der Waals surface area (Å²) < 4.78 is 0. The first-order valence-electron chi connectivity index (χ1n) is 6.68. The Hall–Kier alpha value is -2.63. The van der Waals surface area contributed by atoms with Crippen LogP contribution in [-0.4, -0.2) is 29.3 Å². The number of likely N-dealkylation sites (tertiary alicyclic amines) is 1. The number of hydrogen-bond donors (Lipinski definition) is 2. The van der Waals surface area contributed by atoms with Gasteiger partial charge >= 0.3 is 0 Å². The van der Waals surface area contributed by atoms with Gasteiger partial charge in [-0.1, -0.05) is 24.3 Å². The van der Waals surface area contributed by atoms with E-state index in [9.17, 15) is 4.79 Å². The average molecular weight is 285 g/mol. The number of carbonyl (C=O) groups excluding carboxylic acids is 1. The largest absolute Gasteiger partial charge is 0.369 e. The predicted octanol–water partition coefficient (Wildman–Crippen LogP) is 1.29. The fourth-order valence-corrected chi connectivity index (χ4v) is 2.13. The highest BCUT2D eigenvalue weighted by Gasteiger charge is 2.29. The molecule has 2 rings (SSSR count). The Kier molecular flexibility index (Phi) is 4.37. The Balaban J connectivity index is 2.17. The standard InChI is InChI=1S/C15H19N5O/c1-3-11-8-13(21)20(9-11)15(17)19-14(16)18-12-7-5-4-6-10(12)2/h3-7,11H,1,8-9H2,2H3,(H4,16,17,18,19). The molecule has 1 aromatic rings. The lowest BCUT2D eigenvalue weighted by Crippen LogP contribution is -2.39. The lowest BCUT2D eigenvalue weighted by molar-refractivity contribution is -0.124. The Morgan fingerprint density at radius 2 is 2.14 bits per heavy atom. The monoisotopic (exact) mass is 285 g/mol. The molecule has 1 saturated heterocycles. The number of para-hydroxylation sites is 1. The third kappa shape index (κ3) is 3.47. The number of nitrogens with zero attached hydrogens (tertiary/aromatic N) is 3. The summed E-state index contributed by atoms with van der Waals surface area (Å²) in [6.07, 6.45) is 2.14. The lowest BCUT2D eigenvalue weighted by Gasteiger charge is -2.14. The Labute approximate surface area is 123 Å². The summed E-state index contributed by atoms with van der Waals surface area (Å²) in [5.41, 5.74) is 13.3. The summed E-state index contributed by atoms with van der Waals surface area (Å²) in [7, 11) is 0. The van der Waals surface area contributed by atoms with Crippen molar-refractivity contribution in [2.45, 2.75) is 13.3 Å². The minimum Gasteiger partial charge on any atom is -0.369 e. The summed E-state index contributed by atoms with van der Waals surface area (Å²) in [5.74, 6) is 0.112. The molecule has 21 heavy (non-hydrogen) atoms. The van der Waals surface area contributed by atoms with E-state index in [4.69, 9.17) is 11.5 Å². The van der Waals surface area contributed by atoms with Gasteiger partial charge in [-0.25, -0.2) is 4.99 Å². The number of aliphatic imine (C=N–C) groups is 2. The van der Waals surface area contributed by atoms with Crippen LogP contribution in [0, 0.1) is 12.8 Å². The van der Waals surface area contributed by atoms with Gasteiger partial charge in [0.1, 0.15) is 0 Å². The minimum atomic E-state index is -0.0789. The van der Waals surface area contributed by atoms with Gasteiger partial charge in [0, 0.05) is 18.9 Å². The number of nitrogens with two attached hydrogens (primary N) is 2. The summed E-state index contributed by atoms with van der Waals surface area (Å²) in [4.78, 5) is 21.4. The van der Waals surface area contributed by atoms with Crippen LogP contribution in [0.1, 0.15) is 12.0 Å². The first kappa shape index (κ1) is 14.8. The van der Waals surface area contributed by atoms with Crippen LogP contribution in [0.25, 0.3) is 0 Å².